The van der Waals surface area contributed by atoms with Crippen molar-refractivity contribution in [1.82, 2.24) is 0 Å². The monoisotopic (exact) mass is 158 g/mol. The summed E-state index contributed by atoms with van der Waals surface area (Å²) < 4.78 is 4.69. The van der Waals surface area contributed by atoms with Gasteiger partial charge in [-0.3, -0.25) is 9.59 Å². The molecule has 1 atom stereocenters. The lowest BCUT2D eigenvalue weighted by atomic mass is 10.2. The molecule has 0 spiro atoms. The number of aldehydes is 1. The van der Waals surface area contributed by atoms with E-state index in [0.29, 0.717) is 12.7 Å². The Labute approximate surface area is 66.7 Å². The zero-order valence-corrected chi connectivity index (χ0v) is 7.00. The molecule has 0 heterocycles. The molecule has 3 nitrogen and oxygen atoms in total. The van der Waals surface area contributed by atoms with Crippen LogP contribution in [0.5, 0.6) is 0 Å². The van der Waals surface area contributed by atoms with E-state index in [-0.39, 0.29) is 0 Å². The summed E-state index contributed by atoms with van der Waals surface area (Å²) in [6, 6.07) is 0. The van der Waals surface area contributed by atoms with Crippen LogP contribution < -0.4 is 0 Å². The molecule has 0 aliphatic carbocycles. The van der Waals surface area contributed by atoms with E-state index in [9.17, 15) is 9.59 Å². The highest BCUT2D eigenvalue weighted by molar-refractivity contribution is 5.69. The fourth-order valence-electron chi connectivity index (χ4n) is 0.773. The third-order valence-electron chi connectivity index (χ3n) is 1.31. The van der Waals surface area contributed by atoms with Crippen molar-refractivity contribution in [3.05, 3.63) is 0 Å². The van der Waals surface area contributed by atoms with Crippen molar-refractivity contribution in [1.29, 1.82) is 0 Å². The first-order valence-corrected chi connectivity index (χ1v) is 3.83. The first-order valence-electron chi connectivity index (χ1n) is 3.83. The highest BCUT2D eigenvalue weighted by atomic mass is 16.5. The molecule has 0 N–H and O–H groups in total. The van der Waals surface area contributed by atoms with Gasteiger partial charge >= 0.3 is 5.97 Å². The number of rotatable bonds is 5. The predicted molar refractivity (Wildman–Crippen MR) is 41.1 cm³/mol. The number of esters is 1. The average Bonchev–Trinajstić information content (AvgIpc) is 1.97. The van der Waals surface area contributed by atoms with Crippen LogP contribution in [0.15, 0.2) is 0 Å². The summed E-state index contributed by atoms with van der Waals surface area (Å²) in [7, 11) is 0. The standard InChI is InChI=1S/C8H14O3/c1-3-4-5-8(6-9)11-7(2)10/h6,8H,3-5H2,1-2H3. The summed E-state index contributed by atoms with van der Waals surface area (Å²) in [5.74, 6) is -0.391. The van der Waals surface area contributed by atoms with Gasteiger partial charge in [0.05, 0.1) is 0 Å². The first kappa shape index (κ1) is 10.1. The predicted octanol–water partition coefficient (Wildman–Crippen LogP) is 1.31. The van der Waals surface area contributed by atoms with Gasteiger partial charge in [0.1, 0.15) is 0 Å². The van der Waals surface area contributed by atoms with E-state index in [4.69, 9.17) is 4.74 Å². The minimum Gasteiger partial charge on any atom is -0.455 e. The SMILES string of the molecule is CCCCC(C=O)OC(C)=O. The number of ether oxygens (including phenoxy) is 1. The molecule has 64 valence electrons. The van der Waals surface area contributed by atoms with Crippen molar-refractivity contribution in [2.24, 2.45) is 0 Å². The molecular formula is C8H14O3. The van der Waals surface area contributed by atoms with E-state index >= 15 is 0 Å². The average molecular weight is 158 g/mol. The van der Waals surface area contributed by atoms with Crippen LogP contribution in [0, 0.1) is 0 Å². The van der Waals surface area contributed by atoms with E-state index < -0.39 is 12.1 Å². The van der Waals surface area contributed by atoms with Gasteiger partial charge in [-0.15, -0.1) is 0 Å². The summed E-state index contributed by atoms with van der Waals surface area (Å²) >= 11 is 0. The Hall–Kier alpha value is -0.860. The minimum atomic E-state index is -0.535. The van der Waals surface area contributed by atoms with Gasteiger partial charge in [-0.25, -0.2) is 0 Å². The summed E-state index contributed by atoms with van der Waals surface area (Å²) in [6.45, 7) is 3.33. The lowest BCUT2D eigenvalue weighted by Crippen LogP contribution is -2.17. The smallest absolute Gasteiger partial charge is 0.303 e. The summed E-state index contributed by atoms with van der Waals surface area (Å²) in [5.41, 5.74) is 0. The molecule has 0 aromatic rings. The van der Waals surface area contributed by atoms with Gasteiger partial charge in [0.2, 0.25) is 0 Å². The lowest BCUT2D eigenvalue weighted by molar-refractivity contribution is -0.149. The molecule has 0 amide bonds. The topological polar surface area (TPSA) is 43.4 Å². The largest absolute Gasteiger partial charge is 0.455 e. The first-order chi connectivity index (χ1) is 5.20. The van der Waals surface area contributed by atoms with E-state index in [1.54, 1.807) is 0 Å². The van der Waals surface area contributed by atoms with Gasteiger partial charge in [0.25, 0.3) is 0 Å². The normalized spacial score (nSPS) is 12.2. The van der Waals surface area contributed by atoms with E-state index in [0.717, 1.165) is 12.8 Å². The molecule has 0 aromatic carbocycles. The van der Waals surface area contributed by atoms with Crippen LogP contribution in [0.1, 0.15) is 33.1 Å². The molecule has 0 aromatic heterocycles. The molecule has 0 saturated carbocycles. The minimum absolute atomic E-state index is 0.391. The Morgan fingerprint density at radius 2 is 2.27 bits per heavy atom. The van der Waals surface area contributed by atoms with Gasteiger partial charge < -0.3 is 4.74 Å². The van der Waals surface area contributed by atoms with Crippen LogP contribution in [-0.2, 0) is 14.3 Å². The summed E-state index contributed by atoms with van der Waals surface area (Å²) in [4.78, 5) is 20.7. The molecule has 3 heteroatoms. The van der Waals surface area contributed by atoms with Gasteiger partial charge in [-0.2, -0.15) is 0 Å². The van der Waals surface area contributed by atoms with Crippen LogP contribution in [0.25, 0.3) is 0 Å². The van der Waals surface area contributed by atoms with Crippen LogP contribution in [-0.4, -0.2) is 18.4 Å². The Morgan fingerprint density at radius 1 is 1.64 bits per heavy atom. The summed E-state index contributed by atoms with van der Waals surface area (Å²) in [6.07, 6.45) is 2.70. The highest BCUT2D eigenvalue weighted by Crippen LogP contribution is 2.02. The van der Waals surface area contributed by atoms with Gasteiger partial charge in [0, 0.05) is 6.92 Å². The van der Waals surface area contributed by atoms with E-state index in [1.807, 2.05) is 6.92 Å². The van der Waals surface area contributed by atoms with Crippen molar-refractivity contribution in [3.8, 4) is 0 Å². The van der Waals surface area contributed by atoms with Crippen molar-refractivity contribution >= 4 is 12.3 Å². The number of carbonyl (C=O) groups is 2. The van der Waals surface area contributed by atoms with Crippen molar-refractivity contribution in [2.45, 2.75) is 39.2 Å². The quantitative estimate of drug-likeness (QED) is 0.447. The van der Waals surface area contributed by atoms with Crippen molar-refractivity contribution in [2.75, 3.05) is 0 Å². The number of unbranched alkanes of at least 4 members (excludes halogenated alkanes) is 1. The van der Waals surface area contributed by atoms with Crippen LogP contribution >= 0.6 is 0 Å². The molecular weight excluding hydrogens is 144 g/mol. The fraction of sp³-hybridized carbons (Fsp3) is 0.750. The van der Waals surface area contributed by atoms with Gasteiger partial charge in [-0.1, -0.05) is 13.3 Å². The van der Waals surface area contributed by atoms with E-state index in [1.165, 1.54) is 6.92 Å². The molecule has 0 bridgehead atoms. The lowest BCUT2D eigenvalue weighted by Gasteiger charge is -2.08. The Bertz CT molecular complexity index is 131. The van der Waals surface area contributed by atoms with Gasteiger partial charge in [0.15, 0.2) is 12.4 Å². The molecule has 0 aliphatic heterocycles. The highest BCUT2D eigenvalue weighted by Gasteiger charge is 2.08. The third-order valence-corrected chi connectivity index (χ3v) is 1.31. The van der Waals surface area contributed by atoms with Gasteiger partial charge in [-0.05, 0) is 12.8 Å². The molecule has 0 rings (SSSR count). The Morgan fingerprint density at radius 3 is 2.64 bits per heavy atom. The maximum Gasteiger partial charge on any atom is 0.303 e. The summed E-state index contributed by atoms with van der Waals surface area (Å²) in [5, 5.41) is 0. The molecule has 0 radical (unpaired) electrons. The zero-order chi connectivity index (χ0) is 8.69. The molecule has 0 saturated heterocycles. The second-order valence-electron chi connectivity index (χ2n) is 2.43. The van der Waals surface area contributed by atoms with Crippen LogP contribution in [0.2, 0.25) is 0 Å². The number of carbonyl (C=O) groups excluding carboxylic acids is 2. The van der Waals surface area contributed by atoms with Crippen molar-refractivity contribution < 1.29 is 14.3 Å². The second kappa shape index (κ2) is 5.89. The second-order valence-corrected chi connectivity index (χ2v) is 2.43. The Balaban J connectivity index is 3.57. The Kier molecular flexibility index (Phi) is 5.43. The number of hydrogen-bond acceptors (Lipinski definition) is 3. The van der Waals surface area contributed by atoms with Crippen LogP contribution in [0.3, 0.4) is 0 Å². The van der Waals surface area contributed by atoms with E-state index in [2.05, 4.69) is 0 Å². The molecule has 1 unspecified atom stereocenters. The molecule has 11 heavy (non-hydrogen) atoms. The zero-order valence-electron chi connectivity index (χ0n) is 7.00. The molecule has 0 fully saturated rings. The van der Waals surface area contributed by atoms with Crippen LogP contribution in [0.4, 0.5) is 0 Å². The third kappa shape index (κ3) is 5.58. The van der Waals surface area contributed by atoms with Crippen molar-refractivity contribution in [3.63, 3.8) is 0 Å². The number of hydrogen-bond donors (Lipinski definition) is 0. The maximum atomic E-state index is 10.4. The maximum absolute atomic E-state index is 10.4. The molecule has 0 aliphatic rings. The fourth-order valence-corrected chi connectivity index (χ4v) is 0.773.